The van der Waals surface area contributed by atoms with Gasteiger partial charge in [0.15, 0.2) is 0 Å². The molecule has 2 aliphatic heterocycles. The molecule has 2 aromatic carbocycles. The van der Waals surface area contributed by atoms with Gasteiger partial charge in [0, 0.05) is 44.6 Å². The van der Waals surface area contributed by atoms with Crippen molar-refractivity contribution in [3.63, 3.8) is 0 Å². The van der Waals surface area contributed by atoms with E-state index in [-0.39, 0.29) is 17.9 Å². The van der Waals surface area contributed by atoms with E-state index in [9.17, 15) is 9.59 Å². The molecular formula is C30H42N4O2. The van der Waals surface area contributed by atoms with Crippen LogP contribution in [-0.2, 0) is 16.1 Å². The number of likely N-dealkylation sites (tertiary alicyclic amines) is 1. The number of unbranched alkanes of at least 4 members (excludes halogenated alkanes) is 1. The molecule has 0 aromatic heterocycles. The summed E-state index contributed by atoms with van der Waals surface area (Å²) in [6.45, 7) is 9.49. The van der Waals surface area contributed by atoms with Crippen molar-refractivity contribution in [1.82, 2.24) is 15.1 Å². The first-order valence-corrected chi connectivity index (χ1v) is 13.6. The van der Waals surface area contributed by atoms with Crippen LogP contribution >= 0.6 is 0 Å². The van der Waals surface area contributed by atoms with Gasteiger partial charge >= 0.3 is 0 Å². The van der Waals surface area contributed by atoms with Crippen molar-refractivity contribution in [3.05, 3.63) is 60.2 Å². The normalized spacial score (nSPS) is 20.1. The van der Waals surface area contributed by atoms with Gasteiger partial charge in [-0.2, -0.15) is 0 Å². The summed E-state index contributed by atoms with van der Waals surface area (Å²) in [7, 11) is 2.08. The Bertz CT molecular complexity index is 1010. The highest BCUT2D eigenvalue weighted by molar-refractivity contribution is 6.00. The molecule has 0 saturated carbocycles. The molecule has 0 radical (unpaired) electrons. The van der Waals surface area contributed by atoms with E-state index in [1.807, 2.05) is 11.0 Å². The Morgan fingerprint density at radius 3 is 2.25 bits per heavy atom. The zero-order chi connectivity index (χ0) is 25.7. The van der Waals surface area contributed by atoms with Gasteiger partial charge in [-0.3, -0.25) is 14.5 Å². The fraction of sp³-hybridized carbons (Fsp3) is 0.533. The van der Waals surface area contributed by atoms with Crippen LogP contribution < -0.4 is 10.2 Å². The smallest absolute Gasteiger partial charge is 0.246 e. The molecular weight excluding hydrogens is 448 g/mol. The lowest BCUT2D eigenvalue weighted by molar-refractivity contribution is -0.161. The Kier molecular flexibility index (Phi) is 8.35. The SMILES string of the molecule is CCCCN1C(=O)C(CC(C)C)NC(=O)C12CCN(Cc1ccc(N(C)c3ccccc3)cc1)CC2. The highest BCUT2D eigenvalue weighted by Crippen LogP contribution is 2.35. The molecule has 2 heterocycles. The Labute approximate surface area is 216 Å². The minimum Gasteiger partial charge on any atom is -0.345 e. The van der Waals surface area contributed by atoms with Crippen molar-refractivity contribution in [1.29, 1.82) is 0 Å². The molecule has 2 aromatic rings. The Morgan fingerprint density at radius 1 is 1.00 bits per heavy atom. The molecule has 2 saturated heterocycles. The number of para-hydroxylation sites is 1. The summed E-state index contributed by atoms with van der Waals surface area (Å²) >= 11 is 0. The quantitative estimate of drug-likeness (QED) is 0.540. The van der Waals surface area contributed by atoms with Crippen LogP contribution in [0.1, 0.15) is 58.4 Å². The highest BCUT2D eigenvalue weighted by atomic mass is 16.2. The predicted octanol–water partition coefficient (Wildman–Crippen LogP) is 4.96. The van der Waals surface area contributed by atoms with Gasteiger partial charge in [-0.1, -0.05) is 57.5 Å². The third kappa shape index (κ3) is 5.59. The fourth-order valence-electron chi connectivity index (χ4n) is 5.61. The Morgan fingerprint density at radius 2 is 1.64 bits per heavy atom. The first kappa shape index (κ1) is 26.2. The molecule has 1 atom stereocenters. The molecule has 2 fully saturated rings. The van der Waals surface area contributed by atoms with E-state index >= 15 is 0 Å². The molecule has 194 valence electrons. The maximum atomic E-state index is 13.4. The lowest BCUT2D eigenvalue weighted by Gasteiger charge is -2.52. The van der Waals surface area contributed by atoms with Crippen molar-refractivity contribution in [3.8, 4) is 0 Å². The third-order valence-corrected chi connectivity index (χ3v) is 7.81. The van der Waals surface area contributed by atoms with Crippen LogP contribution in [-0.4, -0.2) is 59.9 Å². The molecule has 6 nitrogen and oxygen atoms in total. The number of nitrogens with zero attached hydrogens (tertiary/aromatic N) is 3. The molecule has 36 heavy (non-hydrogen) atoms. The molecule has 6 heteroatoms. The minimum atomic E-state index is -0.696. The predicted molar refractivity (Wildman–Crippen MR) is 146 cm³/mol. The number of rotatable bonds is 9. The Hall–Kier alpha value is -2.86. The second-order valence-electron chi connectivity index (χ2n) is 10.9. The van der Waals surface area contributed by atoms with Gasteiger partial charge in [0.25, 0.3) is 0 Å². The van der Waals surface area contributed by atoms with Crippen molar-refractivity contribution in [2.24, 2.45) is 5.92 Å². The first-order chi connectivity index (χ1) is 17.3. The summed E-state index contributed by atoms with van der Waals surface area (Å²) in [5.74, 6) is 0.530. The zero-order valence-corrected chi connectivity index (χ0v) is 22.4. The van der Waals surface area contributed by atoms with Crippen LogP contribution in [0, 0.1) is 5.92 Å². The second-order valence-corrected chi connectivity index (χ2v) is 10.9. The number of piperazine rings is 1. The lowest BCUT2D eigenvalue weighted by Crippen LogP contribution is -2.73. The summed E-state index contributed by atoms with van der Waals surface area (Å²) in [4.78, 5) is 33.4. The first-order valence-electron chi connectivity index (χ1n) is 13.6. The van der Waals surface area contributed by atoms with Crippen LogP contribution in [0.4, 0.5) is 11.4 Å². The van der Waals surface area contributed by atoms with Crippen molar-refractivity contribution in [2.75, 3.05) is 31.6 Å². The summed E-state index contributed by atoms with van der Waals surface area (Å²) in [6, 6.07) is 18.7. The molecule has 1 unspecified atom stereocenters. The minimum absolute atomic E-state index is 0.0526. The molecule has 1 spiro atoms. The largest absolute Gasteiger partial charge is 0.345 e. The Balaban J connectivity index is 1.40. The number of carbonyl (C=O) groups excluding carboxylic acids is 2. The summed E-state index contributed by atoms with van der Waals surface area (Å²) in [6.07, 6.45) is 4.03. The maximum Gasteiger partial charge on any atom is 0.246 e. The van der Waals surface area contributed by atoms with E-state index in [2.05, 4.69) is 91.5 Å². The topological polar surface area (TPSA) is 55.9 Å². The molecule has 4 rings (SSSR count). The van der Waals surface area contributed by atoms with E-state index in [0.717, 1.165) is 43.9 Å². The average molecular weight is 491 g/mol. The monoisotopic (exact) mass is 490 g/mol. The van der Waals surface area contributed by atoms with Gasteiger partial charge in [-0.15, -0.1) is 0 Å². The number of benzene rings is 2. The van der Waals surface area contributed by atoms with Gasteiger partial charge in [-0.05, 0) is 61.4 Å². The third-order valence-electron chi connectivity index (χ3n) is 7.81. The summed E-state index contributed by atoms with van der Waals surface area (Å²) in [5.41, 5.74) is 2.89. The van der Waals surface area contributed by atoms with Crippen LogP contribution in [0.5, 0.6) is 0 Å². The highest BCUT2D eigenvalue weighted by Gasteiger charge is 2.53. The number of amides is 2. The van der Waals surface area contributed by atoms with Crippen molar-refractivity contribution < 1.29 is 9.59 Å². The van der Waals surface area contributed by atoms with Crippen LogP contribution in [0.15, 0.2) is 54.6 Å². The van der Waals surface area contributed by atoms with Crippen molar-refractivity contribution >= 4 is 23.2 Å². The number of hydrogen-bond acceptors (Lipinski definition) is 4. The summed E-state index contributed by atoms with van der Waals surface area (Å²) < 4.78 is 0. The number of carbonyl (C=O) groups is 2. The van der Waals surface area contributed by atoms with E-state index in [0.29, 0.717) is 31.7 Å². The van der Waals surface area contributed by atoms with Crippen LogP contribution in [0.2, 0.25) is 0 Å². The molecule has 2 aliphatic rings. The van der Waals surface area contributed by atoms with Gasteiger partial charge in [0.2, 0.25) is 11.8 Å². The average Bonchev–Trinajstić information content (AvgIpc) is 2.89. The standard InChI is InChI=1S/C30H42N4O2/c1-5-6-18-34-28(35)27(21-23(2)3)31-29(36)30(34)16-19-33(20-17-30)22-24-12-14-26(15-13-24)32(4)25-10-8-7-9-11-25/h7-15,23,27H,5-6,16-22H2,1-4H3,(H,31,36). The number of anilines is 2. The van der Waals surface area contributed by atoms with Gasteiger partial charge in [0.1, 0.15) is 11.6 Å². The van der Waals surface area contributed by atoms with Crippen molar-refractivity contribution in [2.45, 2.75) is 71.0 Å². The molecule has 0 bridgehead atoms. The lowest BCUT2D eigenvalue weighted by atomic mass is 9.80. The van der Waals surface area contributed by atoms with E-state index < -0.39 is 5.54 Å². The number of piperidine rings is 1. The van der Waals surface area contributed by atoms with E-state index in [4.69, 9.17) is 0 Å². The van der Waals surface area contributed by atoms with E-state index in [1.165, 1.54) is 5.56 Å². The van der Waals surface area contributed by atoms with Crippen LogP contribution in [0.25, 0.3) is 0 Å². The summed E-state index contributed by atoms with van der Waals surface area (Å²) in [5, 5.41) is 3.11. The molecule has 1 N–H and O–H groups in total. The molecule has 2 amide bonds. The number of hydrogen-bond donors (Lipinski definition) is 1. The second kappa shape index (κ2) is 11.5. The number of nitrogens with one attached hydrogen (secondary N) is 1. The van der Waals surface area contributed by atoms with Gasteiger partial charge in [0.05, 0.1) is 0 Å². The fourth-order valence-corrected chi connectivity index (χ4v) is 5.61. The molecule has 0 aliphatic carbocycles. The maximum absolute atomic E-state index is 13.4. The van der Waals surface area contributed by atoms with E-state index in [1.54, 1.807) is 0 Å². The van der Waals surface area contributed by atoms with Gasteiger partial charge in [-0.25, -0.2) is 0 Å². The van der Waals surface area contributed by atoms with Crippen LogP contribution in [0.3, 0.4) is 0 Å². The zero-order valence-electron chi connectivity index (χ0n) is 22.4. The van der Waals surface area contributed by atoms with Gasteiger partial charge < -0.3 is 15.1 Å².